The van der Waals surface area contributed by atoms with E-state index < -0.39 is 5.97 Å². The van der Waals surface area contributed by atoms with Gasteiger partial charge in [0.25, 0.3) is 0 Å². The van der Waals surface area contributed by atoms with E-state index in [-0.39, 0.29) is 11.3 Å². The molecule has 0 aliphatic heterocycles. The van der Waals surface area contributed by atoms with Crippen LogP contribution in [0.4, 0.5) is 0 Å². The van der Waals surface area contributed by atoms with Crippen molar-refractivity contribution in [2.24, 2.45) is 0 Å². The first-order valence-corrected chi connectivity index (χ1v) is 6.79. The molecule has 4 nitrogen and oxygen atoms in total. The summed E-state index contributed by atoms with van der Waals surface area (Å²) < 4.78 is 0. The summed E-state index contributed by atoms with van der Waals surface area (Å²) in [6.45, 7) is 3.68. The third-order valence-corrected chi connectivity index (χ3v) is 3.80. The molecule has 0 radical (unpaired) electrons. The predicted molar refractivity (Wildman–Crippen MR) is 78.4 cm³/mol. The maximum Gasteiger partial charge on any atom is 0.335 e. The van der Waals surface area contributed by atoms with Crippen LogP contribution in [0.25, 0.3) is 6.08 Å². The van der Waals surface area contributed by atoms with Gasteiger partial charge in [-0.3, -0.25) is 4.79 Å². The van der Waals surface area contributed by atoms with Gasteiger partial charge < -0.3 is 5.11 Å². The Kier molecular flexibility index (Phi) is 4.10. The second kappa shape index (κ2) is 5.79. The van der Waals surface area contributed by atoms with Gasteiger partial charge in [0, 0.05) is 0 Å². The minimum atomic E-state index is -0.965. The number of carboxylic acids is 1. The standard InChI is InChI=1S/C15H13NO3S/c1-9-14(20-10(2)16-9)13(17)8-5-11-3-6-12(7-4-11)15(18)19/h3-8H,1-2H3,(H,18,19)/b8-5+. The summed E-state index contributed by atoms with van der Waals surface area (Å²) in [5, 5.41) is 9.66. The van der Waals surface area contributed by atoms with E-state index in [0.717, 1.165) is 16.3 Å². The third-order valence-electron chi connectivity index (χ3n) is 2.71. The molecule has 0 saturated heterocycles. The van der Waals surface area contributed by atoms with Crippen LogP contribution in [0.1, 0.15) is 36.3 Å². The zero-order valence-electron chi connectivity index (χ0n) is 11.1. The minimum Gasteiger partial charge on any atom is -0.478 e. The second-order valence-corrected chi connectivity index (χ2v) is 5.48. The molecule has 20 heavy (non-hydrogen) atoms. The molecular formula is C15H13NO3S. The number of carbonyl (C=O) groups is 2. The summed E-state index contributed by atoms with van der Waals surface area (Å²) in [5.74, 6) is -1.05. The number of aromatic nitrogens is 1. The summed E-state index contributed by atoms with van der Waals surface area (Å²) in [7, 11) is 0. The fourth-order valence-electron chi connectivity index (χ4n) is 1.74. The SMILES string of the molecule is Cc1nc(C)c(C(=O)/C=C/c2ccc(C(=O)O)cc2)s1. The van der Waals surface area contributed by atoms with Gasteiger partial charge in [0.05, 0.1) is 21.1 Å². The number of aromatic carboxylic acids is 1. The summed E-state index contributed by atoms with van der Waals surface area (Å²) in [6, 6.07) is 6.35. The van der Waals surface area contributed by atoms with Crippen LogP contribution in [-0.2, 0) is 0 Å². The lowest BCUT2D eigenvalue weighted by atomic mass is 10.1. The molecule has 2 rings (SSSR count). The van der Waals surface area contributed by atoms with Crippen molar-refractivity contribution in [1.82, 2.24) is 4.98 Å². The number of ketones is 1. The summed E-state index contributed by atoms with van der Waals surface area (Å²) >= 11 is 1.37. The van der Waals surface area contributed by atoms with Crippen LogP contribution in [0.3, 0.4) is 0 Å². The van der Waals surface area contributed by atoms with Crippen molar-refractivity contribution in [1.29, 1.82) is 0 Å². The second-order valence-electron chi connectivity index (χ2n) is 4.27. The zero-order chi connectivity index (χ0) is 14.7. The van der Waals surface area contributed by atoms with Gasteiger partial charge >= 0.3 is 5.97 Å². The lowest BCUT2D eigenvalue weighted by molar-refractivity contribution is 0.0696. The van der Waals surface area contributed by atoms with Crippen LogP contribution in [0.2, 0.25) is 0 Å². The Morgan fingerprint density at radius 3 is 2.35 bits per heavy atom. The van der Waals surface area contributed by atoms with Gasteiger partial charge in [-0.05, 0) is 37.6 Å². The van der Waals surface area contributed by atoms with Gasteiger partial charge in [-0.25, -0.2) is 9.78 Å². The molecule has 0 saturated carbocycles. The largest absolute Gasteiger partial charge is 0.478 e. The number of carbonyl (C=O) groups excluding carboxylic acids is 1. The van der Waals surface area contributed by atoms with E-state index in [2.05, 4.69) is 4.98 Å². The monoisotopic (exact) mass is 287 g/mol. The molecule has 0 bridgehead atoms. The fourth-order valence-corrected chi connectivity index (χ4v) is 2.58. The van der Waals surface area contributed by atoms with Crippen LogP contribution < -0.4 is 0 Å². The Balaban J connectivity index is 2.15. The van der Waals surface area contributed by atoms with Crippen molar-refractivity contribution in [3.05, 3.63) is 57.0 Å². The average molecular weight is 287 g/mol. The highest BCUT2D eigenvalue weighted by molar-refractivity contribution is 7.13. The van der Waals surface area contributed by atoms with Crippen LogP contribution in [0.15, 0.2) is 30.3 Å². The number of aryl methyl sites for hydroxylation is 2. The summed E-state index contributed by atoms with van der Waals surface area (Å²) in [5.41, 5.74) is 1.74. The molecule has 0 unspecified atom stereocenters. The normalized spacial score (nSPS) is 10.9. The van der Waals surface area contributed by atoms with E-state index >= 15 is 0 Å². The first-order chi connectivity index (χ1) is 9.47. The lowest BCUT2D eigenvalue weighted by Gasteiger charge is -1.96. The number of hydrogen-bond acceptors (Lipinski definition) is 4. The molecule has 2 aromatic rings. The lowest BCUT2D eigenvalue weighted by Crippen LogP contribution is -1.95. The Morgan fingerprint density at radius 1 is 1.20 bits per heavy atom. The van der Waals surface area contributed by atoms with Crippen LogP contribution in [0.5, 0.6) is 0 Å². The molecule has 0 amide bonds. The van der Waals surface area contributed by atoms with Gasteiger partial charge in [0.2, 0.25) is 0 Å². The number of rotatable bonds is 4. The Labute approximate surface area is 120 Å². The minimum absolute atomic E-state index is 0.0876. The molecule has 0 aliphatic carbocycles. The van der Waals surface area contributed by atoms with Crippen molar-refractivity contribution in [2.45, 2.75) is 13.8 Å². The molecule has 1 aromatic heterocycles. The maximum atomic E-state index is 12.0. The highest BCUT2D eigenvalue weighted by Gasteiger charge is 2.10. The Morgan fingerprint density at radius 2 is 1.85 bits per heavy atom. The van der Waals surface area contributed by atoms with Gasteiger partial charge in [-0.2, -0.15) is 0 Å². The molecule has 1 aromatic carbocycles. The van der Waals surface area contributed by atoms with Gasteiger partial charge in [-0.15, -0.1) is 11.3 Å². The first-order valence-electron chi connectivity index (χ1n) is 5.97. The zero-order valence-corrected chi connectivity index (χ0v) is 11.9. The van der Waals surface area contributed by atoms with Crippen molar-refractivity contribution >= 4 is 29.2 Å². The summed E-state index contributed by atoms with van der Waals surface area (Å²) in [6.07, 6.45) is 3.15. The molecular weight excluding hydrogens is 274 g/mol. The van der Waals surface area contributed by atoms with E-state index in [0.29, 0.717) is 4.88 Å². The first kappa shape index (κ1) is 14.1. The molecule has 102 valence electrons. The summed E-state index contributed by atoms with van der Waals surface area (Å²) in [4.78, 5) is 27.6. The van der Waals surface area contributed by atoms with Crippen molar-refractivity contribution in [2.75, 3.05) is 0 Å². The predicted octanol–water partition coefficient (Wildman–Crippen LogP) is 3.35. The van der Waals surface area contributed by atoms with Crippen molar-refractivity contribution < 1.29 is 14.7 Å². The Hall–Kier alpha value is -2.27. The number of nitrogens with zero attached hydrogens (tertiary/aromatic N) is 1. The van der Waals surface area contributed by atoms with E-state index in [1.165, 1.54) is 29.5 Å². The van der Waals surface area contributed by atoms with Crippen molar-refractivity contribution in [3.63, 3.8) is 0 Å². The quantitative estimate of drug-likeness (QED) is 0.691. The van der Waals surface area contributed by atoms with Crippen molar-refractivity contribution in [3.8, 4) is 0 Å². The number of benzene rings is 1. The van der Waals surface area contributed by atoms with E-state index in [4.69, 9.17) is 5.11 Å². The molecule has 0 atom stereocenters. The maximum absolute atomic E-state index is 12.0. The fraction of sp³-hybridized carbons (Fsp3) is 0.133. The van der Waals surface area contributed by atoms with E-state index in [1.54, 1.807) is 18.2 Å². The molecule has 5 heteroatoms. The average Bonchev–Trinajstić information content (AvgIpc) is 2.75. The van der Waals surface area contributed by atoms with Gasteiger partial charge in [0.15, 0.2) is 5.78 Å². The smallest absolute Gasteiger partial charge is 0.335 e. The molecule has 1 N–H and O–H groups in total. The molecule has 0 aliphatic rings. The number of thiazole rings is 1. The van der Waals surface area contributed by atoms with Gasteiger partial charge in [0.1, 0.15) is 0 Å². The highest BCUT2D eigenvalue weighted by Crippen LogP contribution is 2.18. The number of carboxylic acid groups (broad SMARTS) is 1. The molecule has 0 spiro atoms. The van der Waals surface area contributed by atoms with Crippen LogP contribution >= 0.6 is 11.3 Å². The van der Waals surface area contributed by atoms with E-state index in [1.807, 2.05) is 13.8 Å². The number of allylic oxidation sites excluding steroid dienone is 1. The topological polar surface area (TPSA) is 67.3 Å². The molecule has 1 heterocycles. The van der Waals surface area contributed by atoms with Gasteiger partial charge in [-0.1, -0.05) is 18.2 Å². The Bertz CT molecular complexity index is 684. The number of hydrogen-bond donors (Lipinski definition) is 1. The van der Waals surface area contributed by atoms with Crippen LogP contribution in [-0.4, -0.2) is 21.8 Å². The van der Waals surface area contributed by atoms with E-state index in [9.17, 15) is 9.59 Å². The molecule has 0 fully saturated rings. The highest BCUT2D eigenvalue weighted by atomic mass is 32.1. The third kappa shape index (κ3) is 3.19. The van der Waals surface area contributed by atoms with Crippen LogP contribution in [0, 0.1) is 13.8 Å².